The van der Waals surface area contributed by atoms with Crippen molar-refractivity contribution in [2.75, 3.05) is 6.61 Å². The maximum atomic E-state index is 13.0. The number of aliphatic imine (C=N–C) groups is 1. The van der Waals surface area contributed by atoms with E-state index in [4.69, 9.17) is 21.3 Å². The first-order chi connectivity index (χ1) is 15.8. The molecule has 172 valence electrons. The number of nitrogens with one attached hydrogen (secondary N) is 1. The first-order valence-corrected chi connectivity index (χ1v) is 10.8. The summed E-state index contributed by atoms with van der Waals surface area (Å²) in [6.07, 6.45) is -4.56. The number of phenols is 1. The van der Waals surface area contributed by atoms with E-state index in [9.17, 15) is 18.3 Å². The van der Waals surface area contributed by atoms with Crippen LogP contribution in [-0.4, -0.2) is 17.4 Å². The van der Waals surface area contributed by atoms with Crippen LogP contribution in [0.15, 0.2) is 71.7 Å². The molecule has 3 aromatic carbocycles. The lowest BCUT2D eigenvalue weighted by molar-refractivity contribution is -0.137. The Morgan fingerprint density at radius 1 is 1.06 bits per heavy atom. The third-order valence-corrected chi connectivity index (χ3v) is 5.73. The van der Waals surface area contributed by atoms with E-state index in [0.717, 1.165) is 23.4 Å². The van der Waals surface area contributed by atoms with E-state index < -0.39 is 17.9 Å². The normalized spacial score (nSPS) is 18.6. The van der Waals surface area contributed by atoms with Gasteiger partial charge in [0.05, 0.1) is 12.2 Å². The van der Waals surface area contributed by atoms with Crippen molar-refractivity contribution in [3.63, 3.8) is 0 Å². The van der Waals surface area contributed by atoms with Gasteiger partial charge in [0.25, 0.3) is 0 Å². The fourth-order valence-corrected chi connectivity index (χ4v) is 3.97. The number of hydrogen-bond acceptors (Lipinski definition) is 4. The summed E-state index contributed by atoms with van der Waals surface area (Å²) < 4.78 is 44.6. The molecule has 0 fully saturated rings. The van der Waals surface area contributed by atoms with Gasteiger partial charge in [-0.3, -0.25) is 10.3 Å². The summed E-state index contributed by atoms with van der Waals surface area (Å²) >= 11 is 6.03. The predicted octanol–water partition coefficient (Wildman–Crippen LogP) is 6.69. The molecule has 0 saturated heterocycles. The van der Waals surface area contributed by atoms with E-state index in [1.54, 1.807) is 30.3 Å². The number of para-hydroxylation sites is 1. The van der Waals surface area contributed by atoms with E-state index in [1.165, 1.54) is 12.1 Å². The van der Waals surface area contributed by atoms with Gasteiger partial charge in [-0.05, 0) is 48.4 Å². The molecule has 2 N–H and O–H groups in total. The number of hydrogen-bond donors (Lipinski definition) is 2. The number of alkyl halides is 3. The van der Waals surface area contributed by atoms with E-state index in [2.05, 4.69) is 5.32 Å². The Kier molecular flexibility index (Phi) is 6.63. The van der Waals surface area contributed by atoms with Crippen molar-refractivity contribution in [2.24, 2.45) is 4.99 Å². The highest BCUT2D eigenvalue weighted by Gasteiger charge is 2.32. The minimum Gasteiger partial charge on any atom is -0.504 e. The van der Waals surface area contributed by atoms with Gasteiger partial charge in [0, 0.05) is 28.8 Å². The smallest absolute Gasteiger partial charge is 0.416 e. The zero-order valence-electron chi connectivity index (χ0n) is 17.7. The standard InChI is InChI=1S/C25H22ClF3N2O2/c1-2-33-22-5-3-4-19(23(22)32)21-14-20(15-8-12-18(26)13-9-15)30-24(31-21)16-6-10-17(11-7-16)25(27,28)29/h3-13,21,24,31-32H,2,14H2,1H3/t21-,24+/m1/s1. The van der Waals surface area contributed by atoms with Gasteiger partial charge < -0.3 is 9.84 Å². The third-order valence-electron chi connectivity index (χ3n) is 5.48. The number of rotatable bonds is 5. The maximum Gasteiger partial charge on any atom is 0.416 e. The maximum absolute atomic E-state index is 13.0. The number of aromatic hydroxyl groups is 1. The number of phenolic OH excluding ortho intramolecular Hbond substituents is 1. The molecular formula is C25H22ClF3N2O2. The van der Waals surface area contributed by atoms with Crippen molar-refractivity contribution in [3.8, 4) is 11.5 Å². The number of halogens is 4. The first kappa shape index (κ1) is 23.1. The Balaban J connectivity index is 1.73. The summed E-state index contributed by atoms with van der Waals surface area (Å²) in [6.45, 7) is 2.23. The highest BCUT2D eigenvalue weighted by molar-refractivity contribution is 6.30. The fourth-order valence-electron chi connectivity index (χ4n) is 3.84. The average molecular weight is 475 g/mol. The number of benzene rings is 3. The van der Waals surface area contributed by atoms with E-state index in [1.807, 2.05) is 19.1 Å². The Bertz CT molecular complexity index is 1150. The first-order valence-electron chi connectivity index (χ1n) is 10.5. The minimum atomic E-state index is -4.41. The van der Waals surface area contributed by atoms with E-state index >= 15 is 0 Å². The molecule has 2 atom stereocenters. The summed E-state index contributed by atoms with van der Waals surface area (Å²) in [5.74, 6) is 0.402. The second-order valence-corrected chi connectivity index (χ2v) is 8.09. The summed E-state index contributed by atoms with van der Waals surface area (Å²) in [5, 5.41) is 14.7. The van der Waals surface area contributed by atoms with Gasteiger partial charge in [0.1, 0.15) is 6.17 Å². The largest absolute Gasteiger partial charge is 0.504 e. The Labute approximate surface area is 194 Å². The van der Waals surface area contributed by atoms with E-state index in [0.29, 0.717) is 34.9 Å². The molecule has 1 aliphatic heterocycles. The number of nitrogens with zero attached hydrogens (tertiary/aromatic N) is 1. The molecule has 33 heavy (non-hydrogen) atoms. The van der Waals surface area contributed by atoms with Crippen molar-refractivity contribution in [1.82, 2.24) is 5.32 Å². The lowest BCUT2D eigenvalue weighted by atomic mass is 9.93. The molecule has 1 aliphatic rings. The molecule has 1 heterocycles. The van der Waals surface area contributed by atoms with Crippen LogP contribution in [0.1, 0.15) is 47.8 Å². The van der Waals surface area contributed by atoms with E-state index in [-0.39, 0.29) is 11.8 Å². The quantitative estimate of drug-likeness (QED) is 0.433. The van der Waals surface area contributed by atoms with Gasteiger partial charge in [0.2, 0.25) is 0 Å². The van der Waals surface area contributed by atoms with Crippen LogP contribution in [-0.2, 0) is 6.18 Å². The van der Waals surface area contributed by atoms with Crippen molar-refractivity contribution in [3.05, 3.63) is 94.0 Å². The molecule has 3 aromatic rings. The van der Waals surface area contributed by atoms with Gasteiger partial charge in [-0.2, -0.15) is 13.2 Å². The molecule has 4 rings (SSSR count). The highest BCUT2D eigenvalue weighted by Crippen LogP contribution is 2.39. The lowest BCUT2D eigenvalue weighted by Gasteiger charge is -2.31. The molecule has 8 heteroatoms. The van der Waals surface area contributed by atoms with Crippen LogP contribution >= 0.6 is 11.6 Å². The third kappa shape index (κ3) is 5.15. The summed E-state index contributed by atoms with van der Waals surface area (Å²) in [5.41, 5.74) is 2.09. The fraction of sp³-hybridized carbons (Fsp3) is 0.240. The molecule has 0 saturated carbocycles. The van der Waals surface area contributed by atoms with Crippen molar-refractivity contribution >= 4 is 17.3 Å². The summed E-state index contributed by atoms with van der Waals surface area (Å²) in [4.78, 5) is 4.78. The predicted molar refractivity (Wildman–Crippen MR) is 122 cm³/mol. The molecule has 0 aromatic heterocycles. The topological polar surface area (TPSA) is 53.8 Å². The second kappa shape index (κ2) is 9.45. The molecule has 0 bridgehead atoms. The second-order valence-electron chi connectivity index (χ2n) is 7.66. The number of ether oxygens (including phenoxy) is 1. The monoisotopic (exact) mass is 474 g/mol. The van der Waals surface area contributed by atoms with Gasteiger partial charge in [-0.1, -0.05) is 48.0 Å². The summed E-state index contributed by atoms with van der Waals surface area (Å²) in [7, 11) is 0. The van der Waals surface area contributed by atoms with Crippen molar-refractivity contribution < 1.29 is 23.0 Å². The lowest BCUT2D eigenvalue weighted by Crippen LogP contribution is -2.33. The van der Waals surface area contributed by atoms with Gasteiger partial charge in [0.15, 0.2) is 11.5 Å². The average Bonchev–Trinajstić information content (AvgIpc) is 2.80. The molecular weight excluding hydrogens is 453 g/mol. The Morgan fingerprint density at radius 2 is 1.76 bits per heavy atom. The highest BCUT2D eigenvalue weighted by atomic mass is 35.5. The molecule has 0 aliphatic carbocycles. The Hall–Kier alpha value is -3.03. The molecule has 4 nitrogen and oxygen atoms in total. The summed E-state index contributed by atoms with van der Waals surface area (Å²) in [6, 6.07) is 17.1. The van der Waals surface area contributed by atoms with Crippen LogP contribution in [0.4, 0.5) is 13.2 Å². The van der Waals surface area contributed by atoms with Crippen LogP contribution in [0, 0.1) is 0 Å². The molecule has 0 radical (unpaired) electrons. The molecule has 0 spiro atoms. The van der Waals surface area contributed by atoms with Crippen LogP contribution in [0.5, 0.6) is 11.5 Å². The van der Waals surface area contributed by atoms with Crippen LogP contribution in [0.3, 0.4) is 0 Å². The van der Waals surface area contributed by atoms with Crippen molar-refractivity contribution in [2.45, 2.75) is 31.7 Å². The zero-order chi connectivity index (χ0) is 23.6. The van der Waals surface area contributed by atoms with Crippen LogP contribution < -0.4 is 10.1 Å². The van der Waals surface area contributed by atoms with Gasteiger partial charge in [-0.15, -0.1) is 0 Å². The zero-order valence-corrected chi connectivity index (χ0v) is 18.5. The Morgan fingerprint density at radius 3 is 2.39 bits per heavy atom. The molecule has 0 unspecified atom stereocenters. The van der Waals surface area contributed by atoms with Crippen molar-refractivity contribution in [1.29, 1.82) is 0 Å². The minimum absolute atomic E-state index is 0.0281. The van der Waals surface area contributed by atoms with Gasteiger partial charge in [-0.25, -0.2) is 0 Å². The van der Waals surface area contributed by atoms with Crippen LogP contribution in [0.25, 0.3) is 0 Å². The molecule has 0 amide bonds. The van der Waals surface area contributed by atoms with Gasteiger partial charge >= 0.3 is 6.18 Å². The van der Waals surface area contributed by atoms with Crippen LogP contribution in [0.2, 0.25) is 5.02 Å². The SMILES string of the molecule is CCOc1cccc([C@H]2CC(c3ccc(Cl)cc3)=N[C@H](c3ccc(C(F)(F)F)cc3)N2)c1O.